The largest absolute Gasteiger partial charge is 0.363 e. The van der Waals surface area contributed by atoms with Crippen molar-refractivity contribution in [2.45, 2.75) is 12.5 Å². The molecule has 0 bridgehead atoms. The fraction of sp³-hybridized carbons (Fsp3) is 0.800. The first-order chi connectivity index (χ1) is 7.69. The normalized spacial score (nSPS) is 23.6. The summed E-state index contributed by atoms with van der Waals surface area (Å²) in [6.07, 6.45) is 0.943. The van der Waals surface area contributed by atoms with Crippen LogP contribution in [0.2, 0.25) is 0 Å². The summed E-state index contributed by atoms with van der Waals surface area (Å²) in [6, 6.07) is 0.540. The molecule has 0 spiro atoms. The first-order valence-corrected chi connectivity index (χ1v) is 6.35. The molecule has 1 aromatic heterocycles. The van der Waals surface area contributed by atoms with Gasteiger partial charge in [-0.25, -0.2) is 4.98 Å². The Morgan fingerprint density at radius 1 is 1.44 bits per heavy atom. The number of hydrogen-bond acceptors (Lipinski definition) is 6. The molecule has 16 heavy (non-hydrogen) atoms. The lowest BCUT2D eigenvalue weighted by Crippen LogP contribution is -2.50. The van der Waals surface area contributed by atoms with E-state index in [0.29, 0.717) is 6.04 Å². The van der Waals surface area contributed by atoms with Gasteiger partial charge in [-0.2, -0.15) is 4.37 Å². The van der Waals surface area contributed by atoms with Gasteiger partial charge in [-0.3, -0.25) is 0 Å². The van der Waals surface area contributed by atoms with Gasteiger partial charge in [0, 0.05) is 50.7 Å². The average Bonchev–Trinajstić information content (AvgIpc) is 2.71. The van der Waals surface area contributed by atoms with Crippen molar-refractivity contribution >= 4 is 16.7 Å². The topological polar surface area (TPSA) is 44.3 Å². The van der Waals surface area contributed by atoms with E-state index >= 15 is 0 Å². The standard InChI is InChI=1S/C10H19N5S/c1-11-10-12-9(13-16-10)6-8-7-14(2)4-5-15(8)3/h8H,4-7H2,1-3H3,(H,11,12,13). The Balaban J connectivity index is 1.97. The van der Waals surface area contributed by atoms with Crippen molar-refractivity contribution < 1.29 is 0 Å². The molecule has 2 heterocycles. The minimum absolute atomic E-state index is 0.540. The maximum atomic E-state index is 4.43. The second kappa shape index (κ2) is 5.07. The van der Waals surface area contributed by atoms with Crippen LogP contribution in [0.15, 0.2) is 0 Å². The Morgan fingerprint density at radius 2 is 2.25 bits per heavy atom. The van der Waals surface area contributed by atoms with Crippen LogP contribution >= 0.6 is 11.5 Å². The summed E-state index contributed by atoms with van der Waals surface area (Å²) in [7, 11) is 6.24. The highest BCUT2D eigenvalue weighted by Gasteiger charge is 2.23. The molecule has 0 aromatic carbocycles. The van der Waals surface area contributed by atoms with Gasteiger partial charge in [0.2, 0.25) is 5.13 Å². The summed E-state index contributed by atoms with van der Waals surface area (Å²) in [4.78, 5) is 9.21. The van der Waals surface area contributed by atoms with Crippen LogP contribution in [0.5, 0.6) is 0 Å². The Hall–Kier alpha value is -0.720. The average molecular weight is 241 g/mol. The van der Waals surface area contributed by atoms with E-state index in [0.717, 1.165) is 37.0 Å². The van der Waals surface area contributed by atoms with Crippen molar-refractivity contribution in [3.8, 4) is 0 Å². The molecule has 1 atom stereocenters. The van der Waals surface area contributed by atoms with Gasteiger partial charge in [0.25, 0.3) is 0 Å². The number of rotatable bonds is 3. The lowest BCUT2D eigenvalue weighted by Gasteiger charge is -2.37. The van der Waals surface area contributed by atoms with E-state index in [1.54, 1.807) is 0 Å². The van der Waals surface area contributed by atoms with Crippen molar-refractivity contribution in [3.63, 3.8) is 0 Å². The van der Waals surface area contributed by atoms with E-state index < -0.39 is 0 Å². The highest BCUT2D eigenvalue weighted by Crippen LogP contribution is 2.14. The third-order valence-corrected chi connectivity index (χ3v) is 3.85. The summed E-state index contributed by atoms with van der Waals surface area (Å²) < 4.78 is 4.36. The van der Waals surface area contributed by atoms with Gasteiger partial charge in [0.05, 0.1) is 0 Å². The minimum Gasteiger partial charge on any atom is -0.363 e. The van der Waals surface area contributed by atoms with E-state index in [2.05, 4.69) is 38.6 Å². The van der Waals surface area contributed by atoms with Crippen LogP contribution in [0.4, 0.5) is 5.13 Å². The molecular weight excluding hydrogens is 222 g/mol. The second-order valence-electron chi connectivity index (χ2n) is 4.37. The zero-order valence-corrected chi connectivity index (χ0v) is 10.9. The molecule has 1 saturated heterocycles. The molecule has 1 aliphatic rings. The number of aromatic nitrogens is 2. The second-order valence-corrected chi connectivity index (χ2v) is 5.12. The molecule has 0 amide bonds. The summed E-state index contributed by atoms with van der Waals surface area (Å²) in [5.41, 5.74) is 0. The fourth-order valence-electron chi connectivity index (χ4n) is 1.97. The number of anilines is 1. The lowest BCUT2D eigenvalue weighted by atomic mass is 10.1. The molecule has 90 valence electrons. The molecule has 0 saturated carbocycles. The quantitative estimate of drug-likeness (QED) is 0.828. The van der Waals surface area contributed by atoms with Crippen LogP contribution in [-0.2, 0) is 6.42 Å². The van der Waals surface area contributed by atoms with Crippen LogP contribution in [-0.4, -0.2) is 66.0 Å². The summed E-state index contributed by atoms with van der Waals surface area (Å²) in [6.45, 7) is 3.38. The third kappa shape index (κ3) is 2.69. The van der Waals surface area contributed by atoms with Crippen LogP contribution in [0.1, 0.15) is 5.82 Å². The third-order valence-electron chi connectivity index (χ3n) is 3.08. The minimum atomic E-state index is 0.540. The maximum absolute atomic E-state index is 4.43. The van der Waals surface area contributed by atoms with E-state index in [1.165, 1.54) is 11.5 Å². The first-order valence-electron chi connectivity index (χ1n) is 5.58. The van der Waals surface area contributed by atoms with E-state index in [-0.39, 0.29) is 0 Å². The fourth-order valence-corrected chi connectivity index (χ4v) is 2.52. The Kier molecular flexibility index (Phi) is 3.73. The molecule has 6 heteroatoms. The lowest BCUT2D eigenvalue weighted by molar-refractivity contribution is 0.113. The SMILES string of the molecule is CNc1nc(CC2CN(C)CCN2C)ns1. The molecule has 1 unspecified atom stereocenters. The molecule has 1 fully saturated rings. The molecule has 2 rings (SSSR count). The number of nitrogens with zero attached hydrogens (tertiary/aromatic N) is 4. The Morgan fingerprint density at radius 3 is 2.94 bits per heavy atom. The molecular formula is C10H19N5S. The highest BCUT2D eigenvalue weighted by atomic mass is 32.1. The molecule has 0 aliphatic carbocycles. The molecule has 0 radical (unpaired) electrons. The zero-order chi connectivity index (χ0) is 11.5. The van der Waals surface area contributed by atoms with Gasteiger partial charge in [-0.15, -0.1) is 0 Å². The van der Waals surface area contributed by atoms with Crippen molar-refractivity contribution in [1.29, 1.82) is 0 Å². The van der Waals surface area contributed by atoms with Crippen LogP contribution in [0.3, 0.4) is 0 Å². The van der Waals surface area contributed by atoms with Crippen LogP contribution in [0, 0.1) is 0 Å². The zero-order valence-electron chi connectivity index (χ0n) is 10.1. The van der Waals surface area contributed by atoms with Gasteiger partial charge >= 0.3 is 0 Å². The van der Waals surface area contributed by atoms with Gasteiger partial charge in [0.15, 0.2) is 0 Å². The molecule has 1 aliphatic heterocycles. The maximum Gasteiger partial charge on any atom is 0.202 e. The number of hydrogen-bond donors (Lipinski definition) is 1. The number of likely N-dealkylation sites (N-methyl/N-ethyl adjacent to an activating group) is 2. The summed E-state index contributed by atoms with van der Waals surface area (Å²) >= 11 is 1.44. The first kappa shape index (κ1) is 11.8. The molecule has 1 N–H and O–H groups in total. The van der Waals surface area contributed by atoms with Crippen molar-refractivity contribution in [2.75, 3.05) is 46.1 Å². The van der Waals surface area contributed by atoms with Crippen molar-refractivity contribution in [2.24, 2.45) is 0 Å². The smallest absolute Gasteiger partial charge is 0.202 e. The molecule has 1 aromatic rings. The van der Waals surface area contributed by atoms with Crippen molar-refractivity contribution in [1.82, 2.24) is 19.2 Å². The predicted octanol–water partition coefficient (Wildman–Crippen LogP) is 0.368. The summed E-state index contributed by atoms with van der Waals surface area (Å²) in [5, 5.41) is 3.93. The van der Waals surface area contributed by atoms with Gasteiger partial charge in [-0.1, -0.05) is 0 Å². The van der Waals surface area contributed by atoms with Gasteiger partial charge in [0.1, 0.15) is 5.82 Å². The summed E-state index contributed by atoms with van der Waals surface area (Å²) in [5.74, 6) is 0.960. The van der Waals surface area contributed by atoms with Crippen LogP contribution < -0.4 is 5.32 Å². The van der Waals surface area contributed by atoms with Crippen molar-refractivity contribution in [3.05, 3.63) is 5.82 Å². The highest BCUT2D eigenvalue weighted by molar-refractivity contribution is 7.09. The predicted molar refractivity (Wildman–Crippen MR) is 67.1 cm³/mol. The molecule has 5 nitrogen and oxygen atoms in total. The van der Waals surface area contributed by atoms with Gasteiger partial charge < -0.3 is 15.1 Å². The number of piperazine rings is 1. The Labute approximate surface area is 101 Å². The van der Waals surface area contributed by atoms with Crippen LogP contribution in [0.25, 0.3) is 0 Å². The monoisotopic (exact) mass is 241 g/mol. The van der Waals surface area contributed by atoms with E-state index in [1.807, 2.05) is 7.05 Å². The van der Waals surface area contributed by atoms with E-state index in [4.69, 9.17) is 0 Å². The Bertz CT molecular complexity index is 340. The van der Waals surface area contributed by atoms with E-state index in [9.17, 15) is 0 Å². The number of nitrogens with one attached hydrogen (secondary N) is 1. The van der Waals surface area contributed by atoms with Gasteiger partial charge in [-0.05, 0) is 14.1 Å².